The van der Waals surface area contributed by atoms with E-state index in [0.717, 1.165) is 24.3 Å². The van der Waals surface area contributed by atoms with E-state index < -0.39 is 0 Å². The molecule has 0 fully saturated rings. The molecule has 2 aromatic rings. The first-order valence-electron chi connectivity index (χ1n) is 7.14. The minimum Gasteiger partial charge on any atom is -0.409 e. The topological polar surface area (TPSA) is 79.7 Å². The molecule has 0 amide bonds. The Morgan fingerprint density at radius 2 is 2.14 bits per heavy atom. The van der Waals surface area contributed by atoms with E-state index in [2.05, 4.69) is 41.1 Å². The molecule has 3 N–H and O–H groups in total. The van der Waals surface area contributed by atoms with E-state index in [1.807, 2.05) is 23.9 Å². The van der Waals surface area contributed by atoms with E-state index in [1.54, 1.807) is 0 Å². The van der Waals surface area contributed by atoms with Gasteiger partial charge < -0.3 is 10.9 Å². The number of oxime groups is 1. The molecule has 0 radical (unpaired) electrons. The van der Waals surface area contributed by atoms with Crippen LogP contribution >= 0.6 is 0 Å². The molecule has 0 saturated heterocycles. The first-order valence-corrected chi connectivity index (χ1v) is 7.14. The van der Waals surface area contributed by atoms with Gasteiger partial charge in [0.15, 0.2) is 0 Å². The van der Waals surface area contributed by atoms with Gasteiger partial charge in [0.05, 0.1) is 11.2 Å². The van der Waals surface area contributed by atoms with Crippen molar-refractivity contribution in [3.05, 3.63) is 30.0 Å². The predicted molar refractivity (Wildman–Crippen MR) is 84.3 cm³/mol. The molecule has 21 heavy (non-hydrogen) atoms. The zero-order valence-corrected chi connectivity index (χ0v) is 12.8. The fourth-order valence-electron chi connectivity index (χ4n) is 2.43. The third-order valence-corrected chi connectivity index (χ3v) is 3.70. The molecule has 114 valence electrons. The smallest absolute Gasteiger partial charge is 0.140 e. The lowest BCUT2D eigenvalue weighted by Gasteiger charge is -2.25. The normalized spacial score (nSPS) is 12.7. The number of aromatic nitrogens is 2. The van der Waals surface area contributed by atoms with Crippen LogP contribution < -0.4 is 5.73 Å². The third-order valence-electron chi connectivity index (χ3n) is 3.70. The largest absolute Gasteiger partial charge is 0.409 e. The zero-order valence-electron chi connectivity index (χ0n) is 12.8. The van der Waals surface area contributed by atoms with Crippen molar-refractivity contribution in [3.63, 3.8) is 0 Å². The highest BCUT2D eigenvalue weighted by Crippen LogP contribution is 2.19. The van der Waals surface area contributed by atoms with Crippen molar-refractivity contribution in [2.45, 2.75) is 32.9 Å². The van der Waals surface area contributed by atoms with Gasteiger partial charge in [-0.1, -0.05) is 23.4 Å². The number of aryl methyl sites for hydroxylation is 1. The second-order valence-corrected chi connectivity index (χ2v) is 5.49. The van der Waals surface area contributed by atoms with Gasteiger partial charge in [-0.15, -0.1) is 0 Å². The molecule has 1 aromatic carbocycles. The summed E-state index contributed by atoms with van der Waals surface area (Å²) in [7, 11) is 1.96. The highest BCUT2D eigenvalue weighted by atomic mass is 16.4. The Morgan fingerprint density at radius 3 is 2.81 bits per heavy atom. The molecule has 0 aliphatic rings. The Morgan fingerprint density at radius 1 is 1.43 bits per heavy atom. The van der Waals surface area contributed by atoms with Crippen LogP contribution in [0.2, 0.25) is 0 Å². The van der Waals surface area contributed by atoms with Gasteiger partial charge in [0.1, 0.15) is 5.84 Å². The Bertz CT molecular complexity index is 632. The van der Waals surface area contributed by atoms with E-state index in [4.69, 9.17) is 10.9 Å². The van der Waals surface area contributed by atoms with Gasteiger partial charge in [0, 0.05) is 38.0 Å². The summed E-state index contributed by atoms with van der Waals surface area (Å²) in [6, 6.07) is 8.58. The molecule has 0 unspecified atom stereocenters. The molecule has 0 aliphatic carbocycles. The van der Waals surface area contributed by atoms with Crippen molar-refractivity contribution in [3.8, 4) is 0 Å². The second kappa shape index (κ2) is 6.58. The maximum absolute atomic E-state index is 8.65. The Hall–Kier alpha value is -2.08. The Kier molecular flexibility index (Phi) is 4.80. The van der Waals surface area contributed by atoms with Crippen molar-refractivity contribution in [1.82, 2.24) is 14.7 Å². The summed E-state index contributed by atoms with van der Waals surface area (Å²) >= 11 is 0. The second-order valence-electron chi connectivity index (χ2n) is 5.49. The van der Waals surface area contributed by atoms with E-state index in [1.165, 1.54) is 5.39 Å². The van der Waals surface area contributed by atoms with Gasteiger partial charge in [-0.3, -0.25) is 9.58 Å². The number of hydrogen-bond donors (Lipinski definition) is 2. The van der Waals surface area contributed by atoms with Crippen LogP contribution in [-0.4, -0.2) is 38.3 Å². The fourth-order valence-corrected chi connectivity index (χ4v) is 2.43. The summed E-state index contributed by atoms with van der Waals surface area (Å²) in [5.41, 5.74) is 7.75. The average molecular weight is 289 g/mol. The summed E-state index contributed by atoms with van der Waals surface area (Å²) in [6.45, 7) is 5.75. The molecule has 0 bridgehead atoms. The number of nitrogens with zero attached hydrogens (tertiary/aromatic N) is 4. The molecular weight excluding hydrogens is 266 g/mol. The van der Waals surface area contributed by atoms with Gasteiger partial charge in [-0.2, -0.15) is 5.10 Å². The lowest BCUT2D eigenvalue weighted by molar-refractivity contribution is 0.215. The zero-order chi connectivity index (χ0) is 15.4. The summed E-state index contributed by atoms with van der Waals surface area (Å²) in [5, 5.41) is 17.5. The average Bonchev–Trinajstić information content (AvgIpc) is 2.79. The van der Waals surface area contributed by atoms with Crippen molar-refractivity contribution in [2.24, 2.45) is 17.9 Å². The van der Waals surface area contributed by atoms with Gasteiger partial charge in [-0.25, -0.2) is 0 Å². The minimum absolute atomic E-state index is 0.256. The SMILES string of the molecule is CC(C)N(CCC(N)=NO)Cc1nn(C)c2ccccc12. The molecule has 1 aromatic heterocycles. The van der Waals surface area contributed by atoms with Crippen molar-refractivity contribution in [2.75, 3.05) is 6.54 Å². The lowest BCUT2D eigenvalue weighted by Crippen LogP contribution is -2.33. The van der Waals surface area contributed by atoms with Crippen molar-refractivity contribution >= 4 is 16.7 Å². The third kappa shape index (κ3) is 3.52. The summed E-state index contributed by atoms with van der Waals surface area (Å²) in [6.07, 6.45) is 0.541. The van der Waals surface area contributed by atoms with Crippen LogP contribution in [-0.2, 0) is 13.6 Å². The Labute approximate surface area is 124 Å². The monoisotopic (exact) mass is 289 g/mol. The van der Waals surface area contributed by atoms with E-state index in [-0.39, 0.29) is 5.84 Å². The standard InChI is InChI=1S/C15H23N5O/c1-11(2)20(9-8-15(16)18-21)10-13-12-6-4-5-7-14(12)19(3)17-13/h4-7,11,21H,8-10H2,1-3H3,(H2,16,18). The molecule has 0 spiro atoms. The number of nitrogens with two attached hydrogens (primary N) is 1. The van der Waals surface area contributed by atoms with Crippen LogP contribution in [0.25, 0.3) is 10.9 Å². The predicted octanol–water partition coefficient (Wildman–Crippen LogP) is 1.92. The Balaban J connectivity index is 2.19. The van der Waals surface area contributed by atoms with Gasteiger partial charge in [-0.05, 0) is 19.9 Å². The number of hydrogen-bond acceptors (Lipinski definition) is 4. The molecule has 0 saturated carbocycles. The van der Waals surface area contributed by atoms with Gasteiger partial charge >= 0.3 is 0 Å². The number of fused-ring (bicyclic) bond motifs is 1. The summed E-state index contributed by atoms with van der Waals surface area (Å²) in [5.74, 6) is 0.256. The van der Waals surface area contributed by atoms with E-state index in [9.17, 15) is 0 Å². The number of rotatable bonds is 6. The molecule has 0 aliphatic heterocycles. The lowest BCUT2D eigenvalue weighted by atomic mass is 10.2. The van der Waals surface area contributed by atoms with Crippen LogP contribution in [0.5, 0.6) is 0 Å². The summed E-state index contributed by atoms with van der Waals surface area (Å²) in [4.78, 5) is 2.27. The van der Waals surface area contributed by atoms with Gasteiger partial charge in [0.2, 0.25) is 0 Å². The number of amidine groups is 1. The quantitative estimate of drug-likeness (QED) is 0.368. The maximum Gasteiger partial charge on any atom is 0.140 e. The van der Waals surface area contributed by atoms with Crippen molar-refractivity contribution < 1.29 is 5.21 Å². The van der Waals surface area contributed by atoms with Crippen LogP contribution in [0.4, 0.5) is 0 Å². The fraction of sp³-hybridized carbons (Fsp3) is 0.467. The van der Waals surface area contributed by atoms with Crippen LogP contribution in [0.15, 0.2) is 29.4 Å². The number of benzene rings is 1. The van der Waals surface area contributed by atoms with E-state index >= 15 is 0 Å². The molecule has 6 nitrogen and oxygen atoms in total. The van der Waals surface area contributed by atoms with E-state index in [0.29, 0.717) is 12.5 Å². The van der Waals surface area contributed by atoms with Crippen molar-refractivity contribution in [1.29, 1.82) is 0 Å². The number of para-hydroxylation sites is 1. The van der Waals surface area contributed by atoms with Crippen LogP contribution in [0.1, 0.15) is 26.0 Å². The molecular formula is C15H23N5O. The molecule has 2 rings (SSSR count). The van der Waals surface area contributed by atoms with Crippen LogP contribution in [0, 0.1) is 0 Å². The first kappa shape index (κ1) is 15.3. The van der Waals surface area contributed by atoms with Gasteiger partial charge in [0.25, 0.3) is 0 Å². The molecule has 1 heterocycles. The maximum atomic E-state index is 8.65. The molecule has 0 atom stereocenters. The van der Waals surface area contributed by atoms with Crippen LogP contribution in [0.3, 0.4) is 0 Å². The molecule has 6 heteroatoms. The minimum atomic E-state index is 0.256. The summed E-state index contributed by atoms with van der Waals surface area (Å²) < 4.78 is 1.91. The highest BCUT2D eigenvalue weighted by Gasteiger charge is 2.15. The highest BCUT2D eigenvalue weighted by molar-refractivity contribution is 5.82. The first-order chi connectivity index (χ1) is 10.0.